The molecule has 0 aromatic heterocycles. The number of carbonyl (C=O) groups is 2. The molecule has 0 aliphatic carbocycles. The molecule has 1 fully saturated rings. The van der Waals surface area contributed by atoms with E-state index in [1.54, 1.807) is 24.3 Å². The Morgan fingerprint density at radius 1 is 0.886 bits per heavy atom. The molecule has 0 spiro atoms. The van der Waals surface area contributed by atoms with Crippen molar-refractivity contribution in [3.8, 4) is 11.1 Å². The maximum Gasteiger partial charge on any atom is 0.411 e. The van der Waals surface area contributed by atoms with E-state index in [0.29, 0.717) is 13.0 Å². The van der Waals surface area contributed by atoms with E-state index >= 15 is 0 Å². The average molecular weight is 474 g/mol. The van der Waals surface area contributed by atoms with Crippen LogP contribution in [0, 0.1) is 0 Å². The van der Waals surface area contributed by atoms with Crippen LogP contribution < -0.4 is 10.6 Å². The van der Waals surface area contributed by atoms with Crippen LogP contribution in [0.4, 0.5) is 16.2 Å². The first-order valence-corrected chi connectivity index (χ1v) is 11.9. The van der Waals surface area contributed by atoms with Gasteiger partial charge in [0.2, 0.25) is 5.91 Å². The number of benzene rings is 3. The van der Waals surface area contributed by atoms with E-state index in [1.807, 2.05) is 54.6 Å². The van der Waals surface area contributed by atoms with Gasteiger partial charge in [0.15, 0.2) is 0 Å². The molecule has 0 saturated carbocycles. The molecule has 3 aromatic rings. The van der Waals surface area contributed by atoms with E-state index in [0.717, 1.165) is 54.0 Å². The van der Waals surface area contributed by atoms with Gasteiger partial charge in [-0.05, 0) is 42.2 Å². The largest absolute Gasteiger partial charge is 0.446 e. The zero-order valence-electron chi connectivity index (χ0n) is 19.7. The van der Waals surface area contributed by atoms with Crippen molar-refractivity contribution >= 4 is 23.4 Å². The molecule has 7 nitrogen and oxygen atoms in total. The van der Waals surface area contributed by atoms with Crippen molar-refractivity contribution in [3.05, 3.63) is 84.4 Å². The number of amides is 2. The second-order valence-electron chi connectivity index (χ2n) is 8.64. The summed E-state index contributed by atoms with van der Waals surface area (Å²) in [6.45, 7) is 2.19. The van der Waals surface area contributed by atoms with Gasteiger partial charge in [-0.2, -0.15) is 0 Å². The van der Waals surface area contributed by atoms with Crippen molar-refractivity contribution in [2.75, 3.05) is 30.3 Å². The summed E-state index contributed by atoms with van der Waals surface area (Å²) in [6.07, 6.45) is 1.27. The van der Waals surface area contributed by atoms with Crippen molar-refractivity contribution in [2.24, 2.45) is 0 Å². The Morgan fingerprint density at radius 2 is 1.57 bits per heavy atom. The van der Waals surface area contributed by atoms with Crippen molar-refractivity contribution in [1.82, 2.24) is 4.90 Å². The van der Waals surface area contributed by atoms with Gasteiger partial charge in [0.1, 0.15) is 6.10 Å². The summed E-state index contributed by atoms with van der Waals surface area (Å²) in [5, 5.41) is 14.9. The highest BCUT2D eigenvalue weighted by molar-refractivity contribution is 5.92. The van der Waals surface area contributed by atoms with Gasteiger partial charge >= 0.3 is 6.09 Å². The summed E-state index contributed by atoms with van der Waals surface area (Å²) >= 11 is 0. The SMILES string of the molecule is O=C(CCN1CCC(OC(=O)Nc2ccccc2-c2ccccc2)CC1)Nc1ccc(CO)cc1. The zero-order chi connectivity index (χ0) is 24.5. The number of nitrogens with zero attached hydrogens (tertiary/aromatic N) is 1. The highest BCUT2D eigenvalue weighted by Crippen LogP contribution is 2.28. The predicted octanol–water partition coefficient (Wildman–Crippen LogP) is 4.89. The highest BCUT2D eigenvalue weighted by atomic mass is 16.6. The number of nitrogens with one attached hydrogen (secondary N) is 2. The number of likely N-dealkylation sites (tertiary alicyclic amines) is 1. The number of aliphatic hydroxyl groups excluding tert-OH is 1. The Bertz CT molecular complexity index is 1110. The van der Waals surface area contributed by atoms with Gasteiger partial charge in [0.25, 0.3) is 0 Å². The minimum Gasteiger partial charge on any atom is -0.446 e. The smallest absolute Gasteiger partial charge is 0.411 e. The quantitative estimate of drug-likeness (QED) is 0.433. The molecule has 0 unspecified atom stereocenters. The second-order valence-corrected chi connectivity index (χ2v) is 8.64. The van der Waals surface area contributed by atoms with Gasteiger partial charge in [-0.25, -0.2) is 4.79 Å². The lowest BCUT2D eigenvalue weighted by molar-refractivity contribution is -0.116. The number of rotatable bonds is 8. The molecule has 3 N–H and O–H groups in total. The molecule has 1 aliphatic heterocycles. The first-order chi connectivity index (χ1) is 17.1. The molecule has 4 rings (SSSR count). The molecular formula is C28H31N3O4. The van der Waals surface area contributed by atoms with Crippen molar-refractivity contribution in [3.63, 3.8) is 0 Å². The Kier molecular flexibility index (Phi) is 8.48. The lowest BCUT2D eigenvalue weighted by atomic mass is 10.0. The fourth-order valence-electron chi connectivity index (χ4n) is 4.18. The van der Waals surface area contributed by atoms with Gasteiger partial charge in [-0.1, -0.05) is 60.7 Å². The number of hydrogen-bond acceptors (Lipinski definition) is 5. The Hall–Kier alpha value is -3.68. The molecule has 2 amide bonds. The van der Waals surface area contributed by atoms with Crippen LogP contribution in [-0.4, -0.2) is 47.7 Å². The van der Waals surface area contributed by atoms with Gasteiger partial charge < -0.3 is 20.1 Å². The number of anilines is 2. The molecule has 0 atom stereocenters. The number of aliphatic hydroxyl groups is 1. The molecule has 0 radical (unpaired) electrons. The average Bonchev–Trinajstić information content (AvgIpc) is 2.89. The zero-order valence-corrected chi connectivity index (χ0v) is 19.7. The molecule has 0 bridgehead atoms. The molecule has 1 heterocycles. The van der Waals surface area contributed by atoms with Crippen LogP contribution in [0.15, 0.2) is 78.9 Å². The van der Waals surface area contributed by atoms with E-state index in [1.165, 1.54) is 0 Å². The number of hydrogen-bond donors (Lipinski definition) is 3. The van der Waals surface area contributed by atoms with Crippen LogP contribution in [0.2, 0.25) is 0 Å². The third kappa shape index (κ3) is 7.15. The van der Waals surface area contributed by atoms with E-state index in [4.69, 9.17) is 9.84 Å². The fraction of sp³-hybridized carbons (Fsp3) is 0.286. The van der Waals surface area contributed by atoms with Gasteiger partial charge in [-0.3, -0.25) is 10.1 Å². The number of para-hydroxylation sites is 1. The van der Waals surface area contributed by atoms with Crippen molar-refractivity contribution < 1.29 is 19.4 Å². The third-order valence-corrected chi connectivity index (χ3v) is 6.13. The van der Waals surface area contributed by atoms with Crippen LogP contribution in [0.1, 0.15) is 24.8 Å². The van der Waals surface area contributed by atoms with Gasteiger partial charge in [0.05, 0.1) is 12.3 Å². The molecule has 182 valence electrons. The molecule has 7 heteroatoms. The number of ether oxygens (including phenoxy) is 1. The Balaban J connectivity index is 1.19. The standard InChI is InChI=1S/C28H31N3O4/c32-20-21-10-12-23(13-11-21)29-27(33)16-19-31-17-14-24(15-18-31)35-28(34)30-26-9-5-4-8-25(26)22-6-2-1-3-7-22/h1-13,24,32H,14-20H2,(H,29,33)(H,30,34). The summed E-state index contributed by atoms with van der Waals surface area (Å²) in [5.41, 5.74) is 4.23. The predicted molar refractivity (Wildman–Crippen MR) is 137 cm³/mol. The number of piperidine rings is 1. The third-order valence-electron chi connectivity index (χ3n) is 6.13. The fourth-order valence-corrected chi connectivity index (χ4v) is 4.18. The summed E-state index contributed by atoms with van der Waals surface area (Å²) in [4.78, 5) is 27.0. The van der Waals surface area contributed by atoms with Gasteiger partial charge in [-0.15, -0.1) is 0 Å². The van der Waals surface area contributed by atoms with Crippen LogP contribution in [-0.2, 0) is 16.1 Å². The normalized spacial score (nSPS) is 14.3. The van der Waals surface area contributed by atoms with E-state index < -0.39 is 6.09 Å². The molecule has 35 heavy (non-hydrogen) atoms. The van der Waals surface area contributed by atoms with Gasteiger partial charge in [0, 0.05) is 37.3 Å². The molecular weight excluding hydrogens is 442 g/mol. The summed E-state index contributed by atoms with van der Waals surface area (Å²) in [7, 11) is 0. The summed E-state index contributed by atoms with van der Waals surface area (Å²) < 4.78 is 5.68. The minimum absolute atomic E-state index is 0.0173. The summed E-state index contributed by atoms with van der Waals surface area (Å²) in [6, 6.07) is 24.8. The highest BCUT2D eigenvalue weighted by Gasteiger charge is 2.23. The minimum atomic E-state index is -0.446. The Morgan fingerprint density at radius 3 is 2.29 bits per heavy atom. The topological polar surface area (TPSA) is 90.9 Å². The van der Waals surface area contributed by atoms with E-state index in [2.05, 4.69) is 15.5 Å². The molecule has 3 aromatic carbocycles. The van der Waals surface area contributed by atoms with Crippen LogP contribution in [0.3, 0.4) is 0 Å². The molecule has 1 saturated heterocycles. The lowest BCUT2D eigenvalue weighted by Gasteiger charge is -2.31. The van der Waals surface area contributed by atoms with E-state index in [9.17, 15) is 9.59 Å². The number of carbonyl (C=O) groups excluding carboxylic acids is 2. The second kappa shape index (κ2) is 12.1. The van der Waals surface area contributed by atoms with Crippen molar-refractivity contribution in [2.45, 2.75) is 32.0 Å². The lowest BCUT2D eigenvalue weighted by Crippen LogP contribution is -2.39. The van der Waals surface area contributed by atoms with Crippen LogP contribution in [0.25, 0.3) is 11.1 Å². The molecule has 1 aliphatic rings. The first-order valence-electron chi connectivity index (χ1n) is 11.9. The Labute approximate surface area is 205 Å². The maximum absolute atomic E-state index is 12.6. The van der Waals surface area contributed by atoms with Crippen LogP contribution in [0.5, 0.6) is 0 Å². The maximum atomic E-state index is 12.6. The van der Waals surface area contributed by atoms with Crippen molar-refractivity contribution in [1.29, 1.82) is 0 Å². The van der Waals surface area contributed by atoms with E-state index in [-0.39, 0.29) is 18.6 Å². The first kappa shape index (κ1) is 24.4. The van der Waals surface area contributed by atoms with Crippen LogP contribution >= 0.6 is 0 Å². The summed E-state index contributed by atoms with van der Waals surface area (Å²) in [5.74, 6) is -0.0448. The monoisotopic (exact) mass is 473 g/mol.